The van der Waals surface area contributed by atoms with Gasteiger partial charge in [0.15, 0.2) is 6.35 Å². The van der Waals surface area contributed by atoms with Gasteiger partial charge in [-0.05, 0) is 88.6 Å². The van der Waals surface area contributed by atoms with Crippen molar-refractivity contribution in [2.45, 2.75) is 129 Å². The van der Waals surface area contributed by atoms with Crippen molar-refractivity contribution in [3.8, 4) is 6.07 Å². The Morgan fingerprint density at radius 1 is 1.12 bits per heavy atom. The first-order valence-electron chi connectivity index (χ1n) is 18.7. The van der Waals surface area contributed by atoms with E-state index in [1.165, 1.54) is 67.9 Å². The molecule has 1 spiro atoms. The summed E-state index contributed by atoms with van der Waals surface area (Å²) in [6.07, 6.45) is 15.4. The van der Waals surface area contributed by atoms with E-state index in [0.717, 1.165) is 38.8 Å². The Labute approximate surface area is 297 Å². The number of ether oxygens (including phenoxy) is 1. The van der Waals surface area contributed by atoms with Gasteiger partial charge in [0.25, 0.3) is 0 Å². The van der Waals surface area contributed by atoms with Crippen LogP contribution in [0.1, 0.15) is 82.6 Å². The van der Waals surface area contributed by atoms with E-state index < -0.39 is 0 Å². The molecule has 2 N–H and O–H groups in total. The third-order valence-corrected chi connectivity index (χ3v) is 15.3. The molecule has 262 valence electrons. The lowest BCUT2D eigenvalue weighted by Gasteiger charge is -2.64. The molecule has 0 aromatic heterocycles. The van der Waals surface area contributed by atoms with Crippen molar-refractivity contribution < 1.29 is 9.53 Å². The third-order valence-electron chi connectivity index (χ3n) is 12.9. The van der Waals surface area contributed by atoms with Crippen LogP contribution >= 0.6 is 23.4 Å². The molecule has 1 aromatic rings. The summed E-state index contributed by atoms with van der Waals surface area (Å²) in [7, 11) is 2.22. The van der Waals surface area contributed by atoms with Crippen molar-refractivity contribution in [3.63, 3.8) is 0 Å². The maximum absolute atomic E-state index is 13.0. The first-order chi connectivity index (χ1) is 23.4. The number of alkyl halides is 1. The Morgan fingerprint density at radius 3 is 2.69 bits per heavy atom. The van der Waals surface area contributed by atoms with Gasteiger partial charge in [-0.1, -0.05) is 50.5 Å². The van der Waals surface area contributed by atoms with E-state index in [-0.39, 0.29) is 40.1 Å². The van der Waals surface area contributed by atoms with Crippen molar-refractivity contribution in [2.24, 2.45) is 11.8 Å². The van der Waals surface area contributed by atoms with Crippen molar-refractivity contribution in [1.82, 2.24) is 25.3 Å². The molecule has 4 aliphatic heterocycles. The normalized spacial score (nSPS) is 38.1. The van der Waals surface area contributed by atoms with E-state index in [1.54, 1.807) is 0 Å². The van der Waals surface area contributed by atoms with Gasteiger partial charge in [-0.3, -0.25) is 20.3 Å². The Hall–Kier alpha value is -1.64. The minimum atomic E-state index is -0.301. The maximum atomic E-state index is 13.0. The molecule has 10 heteroatoms. The van der Waals surface area contributed by atoms with Gasteiger partial charge in [-0.2, -0.15) is 5.26 Å². The van der Waals surface area contributed by atoms with E-state index in [2.05, 4.69) is 64.4 Å². The summed E-state index contributed by atoms with van der Waals surface area (Å²) < 4.78 is 6.87. The van der Waals surface area contributed by atoms with E-state index in [9.17, 15) is 10.1 Å². The fourth-order valence-electron chi connectivity index (χ4n) is 10.4. The highest BCUT2D eigenvalue weighted by Crippen LogP contribution is 2.57. The summed E-state index contributed by atoms with van der Waals surface area (Å²) in [4.78, 5) is 21.4. The second-order valence-corrected chi connectivity index (χ2v) is 17.4. The third kappa shape index (κ3) is 6.61. The molecule has 7 rings (SSSR count). The van der Waals surface area contributed by atoms with Gasteiger partial charge in [-0.15, -0.1) is 23.4 Å². The number of hydrogen-bond donors (Lipinski definition) is 2. The van der Waals surface area contributed by atoms with Gasteiger partial charge < -0.3 is 14.5 Å². The van der Waals surface area contributed by atoms with Crippen LogP contribution in [0.15, 0.2) is 41.8 Å². The van der Waals surface area contributed by atoms with Gasteiger partial charge in [0, 0.05) is 47.3 Å². The average Bonchev–Trinajstić information content (AvgIpc) is 3.32. The highest BCUT2D eigenvalue weighted by atomic mass is 35.5. The number of carbonyl (C=O) groups excluding carboxylic acids is 1. The fourth-order valence-corrected chi connectivity index (χ4v) is 12.4. The minimum Gasteiger partial charge on any atom is -0.348 e. The highest BCUT2D eigenvalue weighted by Gasteiger charge is 2.61. The Balaban J connectivity index is 1.25. The summed E-state index contributed by atoms with van der Waals surface area (Å²) in [5.41, 5.74) is 1.07. The molecule has 4 heterocycles. The molecular weight excluding hydrogens is 640 g/mol. The molecule has 3 saturated heterocycles. The lowest BCUT2D eigenvalue weighted by molar-refractivity contribution is -0.180. The number of nitrogens with zero attached hydrogens (tertiary/aromatic N) is 4. The van der Waals surface area contributed by atoms with Crippen LogP contribution in [0, 0.1) is 23.2 Å². The fraction of sp³-hybridized carbons (Fsp3) is 0.737. The zero-order valence-electron chi connectivity index (χ0n) is 28.8. The van der Waals surface area contributed by atoms with Crippen LogP contribution in [-0.2, 0) is 16.0 Å². The molecule has 6 aliphatic rings. The van der Waals surface area contributed by atoms with Gasteiger partial charge >= 0.3 is 0 Å². The molecule has 8 atom stereocenters. The van der Waals surface area contributed by atoms with Crippen LogP contribution < -0.4 is 10.6 Å². The molecule has 1 aromatic carbocycles. The quantitative estimate of drug-likeness (QED) is 0.213. The number of amides is 1. The van der Waals surface area contributed by atoms with Crippen LogP contribution in [-0.4, -0.2) is 101 Å². The molecule has 1 amide bonds. The summed E-state index contributed by atoms with van der Waals surface area (Å²) in [6, 6.07) is 11.7. The van der Waals surface area contributed by atoms with Gasteiger partial charge in [0.05, 0.1) is 36.2 Å². The zero-order chi connectivity index (χ0) is 33.3. The molecule has 2 aliphatic carbocycles. The molecule has 2 saturated carbocycles. The first-order valence-corrected chi connectivity index (χ1v) is 19.9. The lowest BCUT2D eigenvalue weighted by atomic mass is 9.63. The van der Waals surface area contributed by atoms with Crippen molar-refractivity contribution in [3.05, 3.63) is 42.5 Å². The molecule has 48 heavy (non-hydrogen) atoms. The van der Waals surface area contributed by atoms with E-state index in [4.69, 9.17) is 16.3 Å². The second kappa shape index (κ2) is 14.9. The Kier molecular flexibility index (Phi) is 10.8. The predicted octanol–water partition coefficient (Wildman–Crippen LogP) is 5.72. The molecule has 5 fully saturated rings. The number of thioether (sulfide) groups is 1. The first kappa shape index (κ1) is 34.8. The molecular formula is C38H55ClN6O2S. The number of carbonyl (C=O) groups is 1. The predicted molar refractivity (Wildman–Crippen MR) is 193 cm³/mol. The number of piperazine rings is 1. The lowest BCUT2D eigenvalue weighted by Crippen LogP contribution is -2.82. The molecule has 0 radical (unpaired) electrons. The number of benzene rings is 1. The van der Waals surface area contributed by atoms with Crippen LogP contribution in [0.5, 0.6) is 0 Å². The molecule has 7 unspecified atom stereocenters. The smallest absolute Gasteiger partial charge is 0.246 e. The second-order valence-electron chi connectivity index (χ2n) is 15.4. The van der Waals surface area contributed by atoms with Crippen molar-refractivity contribution in [2.75, 3.05) is 39.8 Å². The topological polar surface area (TPSA) is 83.9 Å². The molecule has 0 bridgehead atoms. The number of rotatable bonds is 7. The number of hydrogen-bond acceptors (Lipinski definition) is 8. The number of likely N-dealkylation sites (tertiary alicyclic amines) is 1. The van der Waals surface area contributed by atoms with Gasteiger partial charge in [0.1, 0.15) is 0 Å². The highest BCUT2D eigenvalue weighted by molar-refractivity contribution is 8.01. The van der Waals surface area contributed by atoms with E-state index in [0.29, 0.717) is 44.0 Å². The summed E-state index contributed by atoms with van der Waals surface area (Å²) in [6.45, 7) is 7.67. The standard InChI is InChI=1S/C38H55ClN6O2S/c1-3-35(46)45-22-21-44(25-29(45)17-19-40)38(28-12-6-4-5-7-13-28)31-16-18-37(34(39)23-27-11-8-9-15-33(27)48-37)24-32(31)41-36(42-38)47-26-30-14-10-20-43(30)2/h3,8-9,11,15,28-32,34,36,41-42H,1,4-7,10,12-14,16-18,20-26H2,2H3/t29?,30?,31?,32?,34?,36?,37-,38?/m1/s1. The van der Waals surface area contributed by atoms with Crippen LogP contribution in [0.25, 0.3) is 0 Å². The zero-order valence-corrected chi connectivity index (χ0v) is 30.3. The average molecular weight is 695 g/mol. The van der Waals surface area contributed by atoms with Crippen LogP contribution in [0.3, 0.4) is 0 Å². The van der Waals surface area contributed by atoms with Crippen molar-refractivity contribution in [1.29, 1.82) is 5.26 Å². The largest absolute Gasteiger partial charge is 0.348 e. The maximum Gasteiger partial charge on any atom is 0.246 e. The summed E-state index contributed by atoms with van der Waals surface area (Å²) in [5, 5.41) is 18.3. The summed E-state index contributed by atoms with van der Waals surface area (Å²) >= 11 is 9.45. The number of likely N-dealkylation sites (N-methyl/N-ethyl adjacent to an activating group) is 1. The van der Waals surface area contributed by atoms with E-state index >= 15 is 0 Å². The monoisotopic (exact) mass is 694 g/mol. The number of halogens is 1. The minimum absolute atomic E-state index is 0.0365. The Bertz CT molecular complexity index is 1350. The SMILES string of the molecule is C=CC(=O)N1CCN(C2(C3CCCCCC3)NC(OCC3CCCN3C)NC3C[C@@]4(CCC32)Sc2ccccc2CC4Cl)CC1CC#N. The number of nitriles is 1. The van der Waals surface area contributed by atoms with Gasteiger partial charge in [-0.25, -0.2) is 0 Å². The molecule has 8 nitrogen and oxygen atoms in total. The van der Waals surface area contributed by atoms with Crippen molar-refractivity contribution >= 4 is 29.3 Å². The Morgan fingerprint density at radius 2 is 1.94 bits per heavy atom. The van der Waals surface area contributed by atoms with Gasteiger partial charge in [0.2, 0.25) is 5.91 Å². The number of fused-ring (bicyclic) bond motifs is 2. The van der Waals surface area contributed by atoms with E-state index in [1.807, 2.05) is 16.7 Å². The van der Waals surface area contributed by atoms with Crippen LogP contribution in [0.4, 0.5) is 0 Å². The van der Waals surface area contributed by atoms with Crippen LogP contribution in [0.2, 0.25) is 0 Å². The number of nitrogens with one attached hydrogen (secondary N) is 2. The summed E-state index contributed by atoms with van der Waals surface area (Å²) in [5.74, 6) is 0.741.